The Bertz CT molecular complexity index is 869. The van der Waals surface area contributed by atoms with E-state index in [1.165, 1.54) is 0 Å². The van der Waals surface area contributed by atoms with Gasteiger partial charge in [-0.1, -0.05) is 12.1 Å². The lowest BCUT2D eigenvalue weighted by Crippen LogP contribution is -2.32. The fraction of sp³-hybridized carbons (Fsp3) is 0.250. The van der Waals surface area contributed by atoms with Gasteiger partial charge in [0.2, 0.25) is 5.88 Å². The number of nitrogens with one attached hydrogen (secondary N) is 1. The summed E-state index contributed by atoms with van der Waals surface area (Å²) in [6.45, 7) is 3.04. The normalized spacial score (nSPS) is 10.3. The number of rotatable bonds is 10. The van der Waals surface area contributed by atoms with Crippen molar-refractivity contribution in [3.05, 3.63) is 53.9 Å². The minimum Gasteiger partial charge on any atom is -0.494 e. The number of ether oxygens (including phenoxy) is 3. The van der Waals surface area contributed by atoms with Crippen molar-refractivity contribution in [2.45, 2.75) is 6.92 Å². The molecule has 2 aromatic heterocycles. The van der Waals surface area contributed by atoms with Crippen molar-refractivity contribution in [1.29, 1.82) is 0 Å². The molecule has 0 saturated heterocycles. The van der Waals surface area contributed by atoms with Gasteiger partial charge < -0.3 is 19.5 Å². The maximum atomic E-state index is 11.9. The van der Waals surface area contributed by atoms with Crippen LogP contribution in [0.5, 0.6) is 17.4 Å². The first-order valence-corrected chi connectivity index (χ1v) is 9.75. The van der Waals surface area contributed by atoms with Crippen molar-refractivity contribution < 1.29 is 19.0 Å². The zero-order valence-electron chi connectivity index (χ0n) is 15.5. The quantitative estimate of drug-likeness (QED) is 0.527. The summed E-state index contributed by atoms with van der Waals surface area (Å²) in [4.78, 5) is 12.9. The molecule has 0 unspecified atom stereocenters. The molecule has 146 valence electrons. The number of hydrogen-bond donors (Lipinski definition) is 1. The van der Waals surface area contributed by atoms with E-state index in [1.54, 1.807) is 29.5 Å². The van der Waals surface area contributed by atoms with Gasteiger partial charge in [0.05, 0.1) is 18.0 Å². The summed E-state index contributed by atoms with van der Waals surface area (Å²) in [5.74, 6) is 1.47. The standard InChI is InChI=1S/C20H21N3O4S/c1-2-25-15-5-3-6-16(13-15)27-14-19(24)21-10-11-26-20-9-8-17(22-23-20)18-7-4-12-28-18/h3-9,12-13H,2,10-11,14H2,1H3,(H,21,24). The van der Waals surface area contributed by atoms with E-state index in [4.69, 9.17) is 14.2 Å². The van der Waals surface area contributed by atoms with E-state index in [9.17, 15) is 4.79 Å². The number of thiophene rings is 1. The average Bonchev–Trinajstić information content (AvgIpc) is 3.26. The van der Waals surface area contributed by atoms with Gasteiger partial charge in [0.15, 0.2) is 6.61 Å². The fourth-order valence-corrected chi connectivity index (χ4v) is 3.01. The zero-order valence-corrected chi connectivity index (χ0v) is 16.3. The number of carbonyl (C=O) groups is 1. The van der Waals surface area contributed by atoms with Crippen LogP contribution in [0.25, 0.3) is 10.6 Å². The van der Waals surface area contributed by atoms with E-state index in [0.717, 1.165) is 10.6 Å². The van der Waals surface area contributed by atoms with Gasteiger partial charge in [-0.25, -0.2) is 0 Å². The summed E-state index contributed by atoms with van der Waals surface area (Å²) in [6.07, 6.45) is 0. The van der Waals surface area contributed by atoms with E-state index < -0.39 is 0 Å². The predicted molar refractivity (Wildman–Crippen MR) is 107 cm³/mol. The third kappa shape index (κ3) is 5.95. The molecule has 0 bridgehead atoms. The van der Waals surface area contributed by atoms with Gasteiger partial charge in [-0.2, -0.15) is 0 Å². The maximum absolute atomic E-state index is 11.9. The van der Waals surface area contributed by atoms with Gasteiger partial charge in [-0.15, -0.1) is 21.5 Å². The Morgan fingerprint density at radius 3 is 2.61 bits per heavy atom. The van der Waals surface area contributed by atoms with Gasteiger partial charge >= 0.3 is 0 Å². The number of aromatic nitrogens is 2. The molecule has 0 saturated carbocycles. The predicted octanol–water partition coefficient (Wildman–Crippen LogP) is 3.18. The monoisotopic (exact) mass is 399 g/mol. The molecule has 0 aliphatic heterocycles. The van der Waals surface area contributed by atoms with Gasteiger partial charge in [-0.05, 0) is 36.6 Å². The van der Waals surface area contributed by atoms with Crippen molar-refractivity contribution in [3.8, 4) is 28.0 Å². The second-order valence-electron chi connectivity index (χ2n) is 5.63. The van der Waals surface area contributed by atoms with Crippen LogP contribution in [0.2, 0.25) is 0 Å². The SMILES string of the molecule is CCOc1cccc(OCC(=O)NCCOc2ccc(-c3cccs3)nn2)c1. The first-order chi connectivity index (χ1) is 13.7. The molecule has 0 fully saturated rings. The lowest BCUT2D eigenvalue weighted by molar-refractivity contribution is -0.123. The number of nitrogens with zero attached hydrogens (tertiary/aromatic N) is 2. The molecule has 0 spiro atoms. The van der Waals surface area contributed by atoms with Crippen LogP contribution in [0.3, 0.4) is 0 Å². The summed E-state index contributed by atoms with van der Waals surface area (Å²) in [5, 5.41) is 12.9. The number of benzene rings is 1. The van der Waals surface area contributed by atoms with Crippen LogP contribution in [-0.4, -0.2) is 42.5 Å². The number of hydrogen-bond acceptors (Lipinski definition) is 7. The molecule has 1 N–H and O–H groups in total. The molecule has 28 heavy (non-hydrogen) atoms. The molecule has 7 nitrogen and oxygen atoms in total. The largest absolute Gasteiger partial charge is 0.494 e. The zero-order chi connectivity index (χ0) is 19.6. The van der Waals surface area contributed by atoms with Crippen molar-refractivity contribution in [3.63, 3.8) is 0 Å². The van der Waals surface area contributed by atoms with E-state index in [0.29, 0.717) is 37.1 Å². The second kappa shape index (κ2) is 10.3. The average molecular weight is 399 g/mol. The highest BCUT2D eigenvalue weighted by Crippen LogP contribution is 2.22. The van der Waals surface area contributed by atoms with E-state index in [1.807, 2.05) is 42.6 Å². The summed E-state index contributed by atoms with van der Waals surface area (Å²) >= 11 is 1.60. The molecule has 3 rings (SSSR count). The molecule has 0 atom stereocenters. The Hall–Kier alpha value is -3.13. The molecular weight excluding hydrogens is 378 g/mol. The highest BCUT2D eigenvalue weighted by molar-refractivity contribution is 7.13. The molecule has 1 amide bonds. The van der Waals surface area contributed by atoms with E-state index in [-0.39, 0.29) is 12.5 Å². The number of carbonyl (C=O) groups excluding carboxylic acids is 1. The lowest BCUT2D eigenvalue weighted by atomic mass is 10.3. The minimum absolute atomic E-state index is 0.0785. The minimum atomic E-state index is -0.232. The fourth-order valence-electron chi connectivity index (χ4n) is 2.32. The number of amides is 1. The maximum Gasteiger partial charge on any atom is 0.258 e. The van der Waals surface area contributed by atoms with E-state index >= 15 is 0 Å². The van der Waals surface area contributed by atoms with Crippen LogP contribution >= 0.6 is 11.3 Å². The Kier molecular flexibility index (Phi) is 7.20. The van der Waals surface area contributed by atoms with Crippen molar-refractivity contribution in [2.24, 2.45) is 0 Å². The summed E-state index contributed by atoms with van der Waals surface area (Å²) < 4.78 is 16.4. The van der Waals surface area contributed by atoms with Gasteiger partial charge in [0, 0.05) is 12.1 Å². The third-order valence-corrected chi connectivity index (χ3v) is 4.47. The van der Waals surface area contributed by atoms with Crippen LogP contribution < -0.4 is 19.5 Å². The second-order valence-corrected chi connectivity index (χ2v) is 6.58. The smallest absolute Gasteiger partial charge is 0.258 e. The Morgan fingerprint density at radius 1 is 1.04 bits per heavy atom. The Morgan fingerprint density at radius 2 is 1.89 bits per heavy atom. The van der Waals surface area contributed by atoms with Crippen LogP contribution in [0, 0.1) is 0 Å². The highest BCUT2D eigenvalue weighted by atomic mass is 32.1. The lowest BCUT2D eigenvalue weighted by Gasteiger charge is -2.09. The summed E-state index contributed by atoms with van der Waals surface area (Å²) in [6, 6.07) is 14.7. The van der Waals surface area contributed by atoms with Gasteiger partial charge in [0.25, 0.3) is 5.91 Å². The molecule has 2 heterocycles. The molecule has 0 radical (unpaired) electrons. The topological polar surface area (TPSA) is 82.6 Å². The van der Waals surface area contributed by atoms with Crippen molar-refractivity contribution >= 4 is 17.2 Å². The highest BCUT2D eigenvalue weighted by Gasteiger charge is 2.05. The third-order valence-electron chi connectivity index (χ3n) is 3.57. The van der Waals surface area contributed by atoms with Crippen LogP contribution in [-0.2, 0) is 4.79 Å². The molecule has 1 aromatic carbocycles. The van der Waals surface area contributed by atoms with Gasteiger partial charge in [-0.3, -0.25) is 4.79 Å². The molecule has 0 aliphatic rings. The van der Waals surface area contributed by atoms with Crippen LogP contribution in [0.1, 0.15) is 6.92 Å². The van der Waals surface area contributed by atoms with E-state index in [2.05, 4.69) is 15.5 Å². The van der Waals surface area contributed by atoms with Gasteiger partial charge in [0.1, 0.15) is 23.8 Å². The summed E-state index contributed by atoms with van der Waals surface area (Å²) in [7, 11) is 0. The molecular formula is C20H21N3O4S. The first kappa shape index (κ1) is 19.6. The van der Waals surface area contributed by atoms with Crippen molar-refractivity contribution in [2.75, 3.05) is 26.4 Å². The molecule has 3 aromatic rings. The van der Waals surface area contributed by atoms with Crippen molar-refractivity contribution in [1.82, 2.24) is 15.5 Å². The summed E-state index contributed by atoms with van der Waals surface area (Å²) in [5.41, 5.74) is 0.807. The Labute approximate surface area is 167 Å². The molecule has 0 aliphatic carbocycles. The van der Waals surface area contributed by atoms with Crippen LogP contribution in [0.4, 0.5) is 0 Å². The molecule has 8 heteroatoms. The first-order valence-electron chi connectivity index (χ1n) is 8.87. The van der Waals surface area contributed by atoms with Crippen LogP contribution in [0.15, 0.2) is 53.9 Å². The Balaban J connectivity index is 1.34.